The first kappa shape index (κ1) is 18.8. The molecule has 0 bridgehead atoms. The summed E-state index contributed by atoms with van der Waals surface area (Å²) in [5.74, 6) is -1.19. The quantitative estimate of drug-likeness (QED) is 0.412. The molecular weight excluding hydrogens is 386 g/mol. The maximum atomic E-state index is 13.6. The van der Waals surface area contributed by atoms with Gasteiger partial charge in [-0.2, -0.15) is 13.2 Å². The number of anilines is 2. The highest BCUT2D eigenvalue weighted by molar-refractivity contribution is 6.35. The average Bonchev–Trinajstić information content (AvgIpc) is 3.27. The molecule has 4 rings (SSSR count). The normalized spacial score (nSPS) is 14.8. The Morgan fingerprint density at radius 3 is 2.62 bits per heavy atom. The summed E-state index contributed by atoms with van der Waals surface area (Å²) in [6.45, 7) is -0.00330. The number of H-pyrrole nitrogens is 1. The van der Waals surface area contributed by atoms with Crippen LogP contribution >= 0.6 is 0 Å². The lowest BCUT2D eigenvalue weighted by molar-refractivity contribution is -0.137. The largest absolute Gasteiger partial charge is 0.416 e. The zero-order valence-corrected chi connectivity index (χ0v) is 14.9. The molecular formula is C21H15F4N3O. The Balaban J connectivity index is 1.57. The molecule has 0 fully saturated rings. The second-order valence-corrected chi connectivity index (χ2v) is 6.60. The van der Waals surface area contributed by atoms with E-state index in [-0.39, 0.29) is 18.0 Å². The Kier molecular flexibility index (Phi) is 4.62. The number of hydrogen-bond donors (Lipinski definition) is 3. The minimum atomic E-state index is -4.62. The Bertz CT molecular complexity index is 1100. The van der Waals surface area contributed by atoms with E-state index in [2.05, 4.69) is 15.6 Å². The molecule has 29 heavy (non-hydrogen) atoms. The van der Waals surface area contributed by atoms with Gasteiger partial charge in [0.05, 0.1) is 11.1 Å². The summed E-state index contributed by atoms with van der Waals surface area (Å²) >= 11 is 0. The molecule has 1 aliphatic rings. The van der Waals surface area contributed by atoms with Crippen LogP contribution in [0.25, 0.3) is 11.6 Å². The number of hydrogen-bond acceptors (Lipinski definition) is 2. The Morgan fingerprint density at radius 2 is 1.90 bits per heavy atom. The second-order valence-electron chi connectivity index (χ2n) is 6.60. The van der Waals surface area contributed by atoms with E-state index in [0.717, 1.165) is 17.8 Å². The summed E-state index contributed by atoms with van der Waals surface area (Å²) in [5.41, 5.74) is 2.27. The molecule has 3 aromatic rings. The van der Waals surface area contributed by atoms with Crippen molar-refractivity contribution >= 4 is 28.9 Å². The van der Waals surface area contributed by atoms with Gasteiger partial charge in [0.25, 0.3) is 5.91 Å². The van der Waals surface area contributed by atoms with Crippen molar-refractivity contribution in [2.75, 3.05) is 10.6 Å². The zero-order chi connectivity index (χ0) is 20.6. The van der Waals surface area contributed by atoms with Gasteiger partial charge in [-0.15, -0.1) is 0 Å². The summed E-state index contributed by atoms with van der Waals surface area (Å²) in [4.78, 5) is 15.3. The number of fused-ring (bicyclic) bond motifs is 1. The zero-order valence-electron chi connectivity index (χ0n) is 14.9. The molecule has 0 unspecified atom stereocenters. The first-order chi connectivity index (χ1) is 13.8. The van der Waals surface area contributed by atoms with Crippen LogP contribution in [0.1, 0.15) is 22.4 Å². The van der Waals surface area contributed by atoms with Crippen molar-refractivity contribution in [2.24, 2.45) is 0 Å². The number of aromatic nitrogens is 1. The highest BCUT2D eigenvalue weighted by Gasteiger charge is 2.31. The third-order valence-corrected chi connectivity index (χ3v) is 4.51. The van der Waals surface area contributed by atoms with Crippen molar-refractivity contribution in [3.05, 3.63) is 82.9 Å². The van der Waals surface area contributed by atoms with E-state index in [9.17, 15) is 22.4 Å². The van der Waals surface area contributed by atoms with Crippen LogP contribution in [0.5, 0.6) is 0 Å². The fourth-order valence-corrected chi connectivity index (χ4v) is 3.15. The van der Waals surface area contributed by atoms with E-state index in [1.165, 1.54) is 0 Å². The van der Waals surface area contributed by atoms with Crippen LogP contribution in [-0.2, 0) is 17.5 Å². The summed E-state index contributed by atoms with van der Waals surface area (Å²) in [6, 6.07) is 11.2. The molecule has 2 heterocycles. The fraction of sp³-hybridized carbons (Fsp3) is 0.0952. The van der Waals surface area contributed by atoms with Crippen molar-refractivity contribution in [3.8, 4) is 0 Å². The number of benzene rings is 2. The van der Waals surface area contributed by atoms with Crippen molar-refractivity contribution in [1.82, 2.24) is 4.98 Å². The molecule has 4 nitrogen and oxygen atoms in total. The number of carbonyl (C=O) groups excluding carboxylic acids is 1. The Morgan fingerprint density at radius 1 is 1.07 bits per heavy atom. The molecule has 0 saturated carbocycles. The van der Waals surface area contributed by atoms with Gasteiger partial charge in [-0.25, -0.2) is 4.39 Å². The van der Waals surface area contributed by atoms with Gasteiger partial charge in [0, 0.05) is 35.4 Å². The van der Waals surface area contributed by atoms with Gasteiger partial charge < -0.3 is 15.6 Å². The molecule has 0 aliphatic carbocycles. The SMILES string of the molecule is O=C1Nc2ccc(NCc3cc(F)cc(C(F)(F)F)c3)cc2/C1=C/c1ccc[nH]1. The number of halogens is 4. The molecule has 2 aromatic carbocycles. The first-order valence-electron chi connectivity index (χ1n) is 8.71. The van der Waals surface area contributed by atoms with E-state index in [0.29, 0.717) is 28.6 Å². The maximum absolute atomic E-state index is 13.6. The molecule has 1 aromatic heterocycles. The van der Waals surface area contributed by atoms with Crippen LogP contribution in [0.4, 0.5) is 28.9 Å². The Labute approximate surface area is 163 Å². The van der Waals surface area contributed by atoms with Crippen LogP contribution in [0, 0.1) is 5.82 Å². The fourth-order valence-electron chi connectivity index (χ4n) is 3.15. The van der Waals surface area contributed by atoms with E-state index in [4.69, 9.17) is 0 Å². The van der Waals surface area contributed by atoms with Crippen LogP contribution in [0.3, 0.4) is 0 Å². The summed E-state index contributed by atoms with van der Waals surface area (Å²) < 4.78 is 52.1. The van der Waals surface area contributed by atoms with Crippen molar-refractivity contribution < 1.29 is 22.4 Å². The van der Waals surface area contributed by atoms with Gasteiger partial charge in [-0.05, 0) is 60.2 Å². The highest BCUT2D eigenvalue weighted by atomic mass is 19.4. The minimum Gasteiger partial charge on any atom is -0.381 e. The lowest BCUT2D eigenvalue weighted by Crippen LogP contribution is -2.08. The molecule has 0 saturated heterocycles. The average molecular weight is 401 g/mol. The summed E-state index contributed by atoms with van der Waals surface area (Å²) in [5, 5.41) is 5.75. The number of aromatic amines is 1. The monoisotopic (exact) mass is 401 g/mol. The van der Waals surface area contributed by atoms with Gasteiger partial charge in [0.1, 0.15) is 5.82 Å². The smallest absolute Gasteiger partial charge is 0.381 e. The lowest BCUT2D eigenvalue weighted by atomic mass is 10.0. The van der Waals surface area contributed by atoms with E-state index >= 15 is 0 Å². The molecule has 1 amide bonds. The standard InChI is InChI=1S/C21H15F4N3O/c22-14-7-12(6-13(8-14)21(23,24)25)11-27-16-3-4-19-17(9-16)18(20(29)28-19)10-15-2-1-5-26-15/h1-10,26-27H,11H2,(H,28,29)/b18-10-. The number of alkyl halides is 3. The van der Waals surface area contributed by atoms with Crippen LogP contribution in [0.2, 0.25) is 0 Å². The van der Waals surface area contributed by atoms with Crippen LogP contribution in [0.15, 0.2) is 54.7 Å². The van der Waals surface area contributed by atoms with Crippen LogP contribution < -0.4 is 10.6 Å². The Hall–Kier alpha value is -3.55. The van der Waals surface area contributed by atoms with Crippen LogP contribution in [-0.4, -0.2) is 10.9 Å². The number of carbonyl (C=O) groups is 1. The maximum Gasteiger partial charge on any atom is 0.416 e. The number of rotatable bonds is 4. The predicted octanol–water partition coefficient (Wildman–Crippen LogP) is 5.28. The van der Waals surface area contributed by atoms with Gasteiger partial charge in [-0.3, -0.25) is 4.79 Å². The van der Waals surface area contributed by atoms with Gasteiger partial charge in [-0.1, -0.05) is 0 Å². The van der Waals surface area contributed by atoms with Crippen molar-refractivity contribution in [1.29, 1.82) is 0 Å². The first-order valence-corrected chi connectivity index (χ1v) is 8.71. The van der Waals surface area contributed by atoms with Crippen molar-refractivity contribution in [3.63, 3.8) is 0 Å². The number of amides is 1. The van der Waals surface area contributed by atoms with E-state index < -0.39 is 17.6 Å². The minimum absolute atomic E-state index is 0.00330. The summed E-state index contributed by atoms with van der Waals surface area (Å²) in [7, 11) is 0. The van der Waals surface area contributed by atoms with E-state index in [1.807, 2.05) is 12.1 Å². The third kappa shape index (κ3) is 4.01. The van der Waals surface area contributed by atoms with Gasteiger partial charge >= 0.3 is 6.18 Å². The lowest BCUT2D eigenvalue weighted by Gasteiger charge is -2.12. The summed E-state index contributed by atoms with van der Waals surface area (Å²) in [6.07, 6.45) is -1.16. The third-order valence-electron chi connectivity index (χ3n) is 4.51. The molecule has 0 radical (unpaired) electrons. The van der Waals surface area contributed by atoms with Gasteiger partial charge in [0.2, 0.25) is 0 Å². The number of nitrogens with one attached hydrogen (secondary N) is 3. The highest BCUT2D eigenvalue weighted by Crippen LogP contribution is 2.35. The second kappa shape index (κ2) is 7.12. The topological polar surface area (TPSA) is 56.9 Å². The molecule has 3 N–H and O–H groups in total. The van der Waals surface area contributed by atoms with Gasteiger partial charge in [0.15, 0.2) is 0 Å². The molecule has 8 heteroatoms. The van der Waals surface area contributed by atoms with Crippen molar-refractivity contribution in [2.45, 2.75) is 12.7 Å². The van der Waals surface area contributed by atoms with E-state index in [1.54, 1.807) is 30.5 Å². The molecule has 1 aliphatic heterocycles. The molecule has 148 valence electrons. The molecule has 0 atom stereocenters. The predicted molar refractivity (Wildman–Crippen MR) is 102 cm³/mol. The molecule has 0 spiro atoms.